The van der Waals surface area contributed by atoms with Gasteiger partial charge in [-0.15, -0.1) is 0 Å². The average Bonchev–Trinajstić information content (AvgIpc) is 2.42. The third kappa shape index (κ3) is 3.05. The largest absolute Gasteiger partial charge is 0.369 e. The summed E-state index contributed by atoms with van der Waals surface area (Å²) in [5, 5.41) is 0.712. The summed E-state index contributed by atoms with van der Waals surface area (Å²) in [6, 6.07) is 5.79. The van der Waals surface area contributed by atoms with E-state index in [4.69, 9.17) is 0 Å². The van der Waals surface area contributed by atoms with Crippen LogP contribution in [0, 0.1) is 5.82 Å². The first-order chi connectivity index (χ1) is 8.76. The maximum Gasteiger partial charge on any atom is 0.123 e. The fourth-order valence-electron chi connectivity index (χ4n) is 2.96. The van der Waals surface area contributed by atoms with Gasteiger partial charge >= 0.3 is 0 Å². The molecule has 0 unspecified atom stereocenters. The van der Waals surface area contributed by atoms with Crippen LogP contribution in [0.2, 0.25) is 0 Å². The van der Waals surface area contributed by atoms with Gasteiger partial charge in [0.25, 0.3) is 0 Å². The average molecular weight is 314 g/mol. The predicted molar refractivity (Wildman–Crippen MR) is 78.9 cm³/mol. The number of benzene rings is 1. The van der Waals surface area contributed by atoms with Crippen LogP contribution >= 0.6 is 15.9 Å². The minimum absolute atomic E-state index is 0.145. The van der Waals surface area contributed by atoms with E-state index in [-0.39, 0.29) is 5.82 Å². The first-order valence-electron chi connectivity index (χ1n) is 6.87. The molecule has 0 radical (unpaired) electrons. The molecule has 0 heterocycles. The molecule has 1 aromatic rings. The second-order valence-electron chi connectivity index (χ2n) is 4.98. The molecule has 0 aromatic heterocycles. The number of alkyl halides is 1. The smallest absolute Gasteiger partial charge is 0.123 e. The van der Waals surface area contributed by atoms with Crippen LogP contribution < -0.4 is 4.90 Å². The highest BCUT2D eigenvalue weighted by Gasteiger charge is 2.21. The Balaban J connectivity index is 2.25. The van der Waals surface area contributed by atoms with Crippen molar-refractivity contribution in [3.05, 3.63) is 29.6 Å². The summed E-state index contributed by atoms with van der Waals surface area (Å²) in [4.78, 5) is 2.45. The fraction of sp³-hybridized carbons (Fsp3) is 0.600. The van der Waals surface area contributed by atoms with Crippen LogP contribution in [-0.2, 0) is 5.33 Å². The molecule has 0 N–H and O–H groups in total. The van der Waals surface area contributed by atoms with E-state index in [2.05, 4.69) is 27.8 Å². The zero-order chi connectivity index (χ0) is 13.0. The van der Waals surface area contributed by atoms with Gasteiger partial charge in [-0.3, -0.25) is 0 Å². The van der Waals surface area contributed by atoms with Crippen molar-refractivity contribution < 1.29 is 4.39 Å². The van der Waals surface area contributed by atoms with E-state index in [0.29, 0.717) is 11.4 Å². The maximum absolute atomic E-state index is 13.3. The molecule has 100 valence electrons. The molecule has 1 fully saturated rings. The first-order valence-corrected chi connectivity index (χ1v) is 7.99. The summed E-state index contributed by atoms with van der Waals surface area (Å²) in [5.41, 5.74) is 2.25. The second kappa shape index (κ2) is 6.55. The van der Waals surface area contributed by atoms with Gasteiger partial charge in [-0.2, -0.15) is 0 Å². The SMILES string of the molecule is CCN(c1ccc(F)cc1CBr)C1CCCCC1. The van der Waals surface area contributed by atoms with E-state index in [9.17, 15) is 4.39 Å². The Hall–Kier alpha value is -0.570. The predicted octanol–water partition coefficient (Wildman–Crippen LogP) is 4.88. The van der Waals surface area contributed by atoms with Gasteiger partial charge in [0, 0.05) is 23.6 Å². The Morgan fingerprint density at radius 1 is 1.28 bits per heavy atom. The van der Waals surface area contributed by atoms with Crippen LogP contribution in [0.25, 0.3) is 0 Å². The van der Waals surface area contributed by atoms with Crippen molar-refractivity contribution in [1.82, 2.24) is 0 Å². The normalized spacial score (nSPS) is 16.8. The highest BCUT2D eigenvalue weighted by atomic mass is 79.9. The third-order valence-corrected chi connectivity index (χ3v) is 4.46. The molecule has 0 amide bonds. The number of halogens is 2. The molecule has 1 aliphatic rings. The minimum Gasteiger partial charge on any atom is -0.369 e. The Morgan fingerprint density at radius 2 is 2.00 bits per heavy atom. The zero-order valence-electron chi connectivity index (χ0n) is 11.0. The molecule has 18 heavy (non-hydrogen) atoms. The third-order valence-electron chi connectivity index (χ3n) is 3.85. The molecule has 1 aromatic carbocycles. The lowest BCUT2D eigenvalue weighted by molar-refractivity contribution is 0.417. The van der Waals surface area contributed by atoms with Crippen LogP contribution in [0.5, 0.6) is 0 Å². The number of nitrogens with zero attached hydrogens (tertiary/aromatic N) is 1. The molecule has 0 saturated heterocycles. The lowest BCUT2D eigenvalue weighted by Crippen LogP contribution is -2.37. The highest BCUT2D eigenvalue weighted by molar-refractivity contribution is 9.08. The highest BCUT2D eigenvalue weighted by Crippen LogP contribution is 2.30. The van der Waals surface area contributed by atoms with Crippen molar-refractivity contribution in [2.24, 2.45) is 0 Å². The van der Waals surface area contributed by atoms with Crippen LogP contribution in [0.1, 0.15) is 44.6 Å². The van der Waals surface area contributed by atoms with Crippen molar-refractivity contribution in [1.29, 1.82) is 0 Å². The van der Waals surface area contributed by atoms with Crippen LogP contribution in [0.4, 0.5) is 10.1 Å². The second-order valence-corrected chi connectivity index (χ2v) is 5.55. The zero-order valence-corrected chi connectivity index (χ0v) is 12.5. The van der Waals surface area contributed by atoms with Crippen molar-refractivity contribution >= 4 is 21.6 Å². The summed E-state index contributed by atoms with van der Waals surface area (Å²) < 4.78 is 13.3. The summed E-state index contributed by atoms with van der Waals surface area (Å²) in [7, 11) is 0. The van der Waals surface area contributed by atoms with Crippen LogP contribution in [0.3, 0.4) is 0 Å². The summed E-state index contributed by atoms with van der Waals surface area (Å²) >= 11 is 3.47. The van der Waals surface area contributed by atoms with E-state index in [1.165, 1.54) is 37.8 Å². The Bertz CT molecular complexity index is 388. The van der Waals surface area contributed by atoms with E-state index in [0.717, 1.165) is 12.1 Å². The van der Waals surface area contributed by atoms with Gasteiger partial charge in [0.05, 0.1) is 0 Å². The number of anilines is 1. The molecular formula is C15H21BrFN. The van der Waals surface area contributed by atoms with Gasteiger partial charge in [0.2, 0.25) is 0 Å². The molecule has 1 aliphatic carbocycles. The van der Waals surface area contributed by atoms with Crippen molar-refractivity contribution in [3.8, 4) is 0 Å². The molecule has 3 heteroatoms. The van der Waals surface area contributed by atoms with Gasteiger partial charge < -0.3 is 4.90 Å². The first kappa shape index (κ1) is 13.9. The van der Waals surface area contributed by atoms with Crippen LogP contribution in [-0.4, -0.2) is 12.6 Å². The van der Waals surface area contributed by atoms with Gasteiger partial charge in [-0.25, -0.2) is 4.39 Å². The van der Waals surface area contributed by atoms with E-state index in [1.54, 1.807) is 12.1 Å². The van der Waals surface area contributed by atoms with Gasteiger partial charge in [0.1, 0.15) is 5.82 Å². The minimum atomic E-state index is -0.145. The number of hydrogen-bond acceptors (Lipinski definition) is 1. The van der Waals surface area contributed by atoms with Crippen molar-refractivity contribution in [3.63, 3.8) is 0 Å². The molecule has 0 spiro atoms. The monoisotopic (exact) mass is 313 g/mol. The summed E-state index contributed by atoms with van der Waals surface area (Å²) in [6.07, 6.45) is 6.56. The Kier molecular flexibility index (Phi) is 5.04. The lowest BCUT2D eigenvalue weighted by atomic mass is 9.93. The topological polar surface area (TPSA) is 3.24 Å². The van der Waals surface area contributed by atoms with Gasteiger partial charge in [0.15, 0.2) is 0 Å². The molecule has 0 atom stereocenters. The fourth-order valence-corrected chi connectivity index (χ4v) is 3.41. The van der Waals surface area contributed by atoms with Crippen LogP contribution in [0.15, 0.2) is 18.2 Å². The summed E-state index contributed by atoms with van der Waals surface area (Å²) in [5.74, 6) is -0.145. The number of hydrogen-bond donors (Lipinski definition) is 0. The molecule has 0 aliphatic heterocycles. The Labute approximate surface area is 118 Å². The standard InChI is InChI=1S/C15H21BrFN/c1-2-18(14-6-4-3-5-7-14)15-9-8-13(17)10-12(15)11-16/h8-10,14H,2-7,11H2,1H3. The molecule has 2 rings (SSSR count). The Morgan fingerprint density at radius 3 is 2.61 bits per heavy atom. The molecular weight excluding hydrogens is 293 g/mol. The molecule has 0 bridgehead atoms. The van der Waals surface area contributed by atoms with Gasteiger partial charge in [-0.1, -0.05) is 35.2 Å². The van der Waals surface area contributed by atoms with E-state index < -0.39 is 0 Å². The van der Waals surface area contributed by atoms with Crippen molar-refractivity contribution in [2.75, 3.05) is 11.4 Å². The van der Waals surface area contributed by atoms with Gasteiger partial charge in [-0.05, 0) is 43.5 Å². The van der Waals surface area contributed by atoms with E-state index >= 15 is 0 Å². The summed E-state index contributed by atoms with van der Waals surface area (Å²) in [6.45, 7) is 3.19. The quantitative estimate of drug-likeness (QED) is 0.716. The lowest BCUT2D eigenvalue weighted by Gasteiger charge is -2.36. The van der Waals surface area contributed by atoms with E-state index in [1.807, 2.05) is 6.07 Å². The van der Waals surface area contributed by atoms with Crippen molar-refractivity contribution in [2.45, 2.75) is 50.4 Å². The number of rotatable bonds is 4. The molecule has 1 saturated carbocycles. The maximum atomic E-state index is 13.3. The molecule has 1 nitrogen and oxygen atoms in total.